The number of hydrogen-bond acceptors (Lipinski definition) is 8. The van der Waals surface area contributed by atoms with Crippen molar-refractivity contribution in [3.05, 3.63) is 82.6 Å². The number of amides is 1. The van der Waals surface area contributed by atoms with Gasteiger partial charge >= 0.3 is 0 Å². The van der Waals surface area contributed by atoms with E-state index in [9.17, 15) is 14.0 Å². The summed E-state index contributed by atoms with van der Waals surface area (Å²) in [5, 5.41) is 11.3. The fourth-order valence-corrected chi connectivity index (χ4v) is 4.88. The van der Waals surface area contributed by atoms with E-state index in [-0.39, 0.29) is 17.6 Å². The summed E-state index contributed by atoms with van der Waals surface area (Å²) in [5.74, 6) is 0.497. The number of pyridine rings is 1. The first-order valence-electron chi connectivity index (χ1n) is 12.5. The normalized spacial score (nSPS) is 17.3. The molecule has 3 aromatic rings. The van der Waals surface area contributed by atoms with Gasteiger partial charge in [-0.1, -0.05) is 12.1 Å². The monoisotopic (exact) mass is 517 g/mol. The Bertz CT molecular complexity index is 1370. The molecule has 1 amide bonds. The molecule has 196 valence electrons. The number of rotatable bonds is 7. The van der Waals surface area contributed by atoms with E-state index in [1.165, 1.54) is 12.1 Å². The van der Waals surface area contributed by atoms with Crippen LogP contribution in [0.4, 0.5) is 10.2 Å². The minimum Gasteiger partial charge on any atom is -0.489 e. The van der Waals surface area contributed by atoms with Crippen molar-refractivity contribution in [3.63, 3.8) is 0 Å². The molecule has 1 N–H and O–H groups in total. The van der Waals surface area contributed by atoms with Gasteiger partial charge in [-0.25, -0.2) is 9.37 Å². The lowest BCUT2D eigenvalue weighted by Crippen LogP contribution is -2.39. The molecule has 1 aliphatic heterocycles. The maximum absolute atomic E-state index is 13.6. The van der Waals surface area contributed by atoms with Crippen molar-refractivity contribution in [2.24, 2.45) is 0 Å². The van der Waals surface area contributed by atoms with Crippen LogP contribution < -0.4 is 19.7 Å². The molecule has 1 saturated heterocycles. The number of ether oxygens (including phenoxy) is 2. The second-order valence-corrected chi connectivity index (χ2v) is 9.35. The molecule has 10 heteroatoms. The molecular weight excluding hydrogens is 489 g/mol. The first-order chi connectivity index (χ1) is 18.4. The summed E-state index contributed by atoms with van der Waals surface area (Å²) in [6, 6.07) is 9.64. The van der Waals surface area contributed by atoms with Gasteiger partial charge in [-0.05, 0) is 54.3 Å². The average molecular weight is 518 g/mol. The van der Waals surface area contributed by atoms with E-state index < -0.39 is 11.8 Å². The molecule has 1 atom stereocenters. The van der Waals surface area contributed by atoms with E-state index in [0.29, 0.717) is 29.3 Å². The predicted molar refractivity (Wildman–Crippen MR) is 138 cm³/mol. The van der Waals surface area contributed by atoms with Gasteiger partial charge in [0.2, 0.25) is 5.88 Å². The lowest BCUT2D eigenvalue weighted by atomic mass is 9.86. The molecule has 1 fully saturated rings. The quantitative estimate of drug-likeness (QED) is 0.475. The summed E-state index contributed by atoms with van der Waals surface area (Å²) in [4.78, 5) is 31.1. The highest BCUT2D eigenvalue weighted by Gasteiger charge is 2.27. The topological polar surface area (TPSA) is 107 Å². The Labute approximate surface area is 219 Å². The molecule has 2 aromatic heterocycles. The molecule has 1 aliphatic carbocycles. The Hall–Kier alpha value is -4.34. The SMILES string of the molecule is COc1ccc(OC2CCN(c3nnc(C(=O)NC4=CCc5cc(F)ccc5[C@H]4C=O)cc3C)CC2)cn1. The molecule has 0 bridgehead atoms. The van der Waals surface area contributed by atoms with Crippen molar-refractivity contribution >= 4 is 18.0 Å². The largest absolute Gasteiger partial charge is 0.489 e. The molecule has 5 rings (SSSR count). The minimum absolute atomic E-state index is 0.0657. The zero-order valence-corrected chi connectivity index (χ0v) is 21.2. The van der Waals surface area contributed by atoms with Gasteiger partial charge in [-0.15, -0.1) is 10.2 Å². The number of aldehydes is 1. The Morgan fingerprint density at radius 1 is 1.16 bits per heavy atom. The lowest BCUT2D eigenvalue weighted by Gasteiger charge is -2.33. The zero-order chi connectivity index (χ0) is 26.6. The number of methoxy groups -OCH3 is 1. The molecule has 0 unspecified atom stereocenters. The summed E-state index contributed by atoms with van der Waals surface area (Å²) in [6.45, 7) is 3.37. The van der Waals surface area contributed by atoms with Crippen LogP contribution in [0, 0.1) is 12.7 Å². The lowest BCUT2D eigenvalue weighted by molar-refractivity contribution is -0.108. The van der Waals surface area contributed by atoms with Gasteiger partial charge in [-0.2, -0.15) is 0 Å². The molecule has 3 heterocycles. The Kier molecular flexibility index (Phi) is 7.30. The van der Waals surface area contributed by atoms with Gasteiger partial charge in [0.15, 0.2) is 11.5 Å². The number of hydrogen-bond donors (Lipinski definition) is 1. The Morgan fingerprint density at radius 3 is 2.66 bits per heavy atom. The Morgan fingerprint density at radius 2 is 1.97 bits per heavy atom. The van der Waals surface area contributed by atoms with Crippen molar-refractivity contribution in [1.82, 2.24) is 20.5 Å². The number of nitrogens with one attached hydrogen (secondary N) is 1. The van der Waals surface area contributed by atoms with Crippen LogP contribution in [0.1, 0.15) is 45.9 Å². The number of carbonyl (C=O) groups excluding carboxylic acids is 2. The summed E-state index contributed by atoms with van der Waals surface area (Å²) >= 11 is 0. The number of aryl methyl sites for hydroxylation is 1. The van der Waals surface area contributed by atoms with Crippen LogP contribution in [0.15, 0.2) is 54.4 Å². The van der Waals surface area contributed by atoms with E-state index in [2.05, 4.69) is 25.4 Å². The predicted octanol–water partition coefficient (Wildman–Crippen LogP) is 3.53. The molecular formula is C28H28FN5O4. The number of piperidine rings is 1. The molecule has 0 spiro atoms. The van der Waals surface area contributed by atoms with Gasteiger partial charge in [0.25, 0.3) is 5.91 Å². The van der Waals surface area contributed by atoms with E-state index in [1.54, 1.807) is 37.6 Å². The first kappa shape index (κ1) is 25.3. The molecule has 38 heavy (non-hydrogen) atoms. The van der Waals surface area contributed by atoms with Crippen molar-refractivity contribution in [3.8, 4) is 11.6 Å². The van der Waals surface area contributed by atoms with Crippen molar-refractivity contribution in [2.75, 3.05) is 25.1 Å². The maximum Gasteiger partial charge on any atom is 0.275 e. The van der Waals surface area contributed by atoms with Gasteiger partial charge in [0.05, 0.1) is 19.2 Å². The number of halogens is 1. The molecule has 1 aromatic carbocycles. The maximum atomic E-state index is 13.6. The number of nitrogens with zero attached hydrogens (tertiary/aromatic N) is 4. The smallest absolute Gasteiger partial charge is 0.275 e. The van der Waals surface area contributed by atoms with Crippen molar-refractivity contribution in [1.29, 1.82) is 0 Å². The standard InChI is InChI=1S/C28H28FN5O4/c1-17-13-25(28(36)31-24-7-3-18-14-19(29)4-6-22(18)23(24)16-35)32-33-27(17)34-11-9-20(10-12-34)38-21-5-8-26(37-2)30-15-21/h4-8,13-16,20,23H,3,9-12H2,1-2H3,(H,31,36)/t23-/m1/s1. The van der Waals surface area contributed by atoms with Crippen LogP contribution in [-0.4, -0.2) is 53.7 Å². The van der Waals surface area contributed by atoms with Crippen LogP contribution in [0.2, 0.25) is 0 Å². The average Bonchev–Trinajstić information content (AvgIpc) is 2.94. The fraction of sp³-hybridized carbons (Fsp3) is 0.321. The van der Waals surface area contributed by atoms with E-state index in [1.807, 2.05) is 13.0 Å². The number of allylic oxidation sites excluding steroid dienone is 2. The van der Waals surface area contributed by atoms with Crippen LogP contribution in [0.5, 0.6) is 11.6 Å². The molecule has 0 saturated carbocycles. The summed E-state index contributed by atoms with van der Waals surface area (Å²) in [6.07, 6.45) is 6.25. The van der Waals surface area contributed by atoms with E-state index >= 15 is 0 Å². The van der Waals surface area contributed by atoms with Gasteiger partial charge in [0.1, 0.15) is 24.0 Å². The molecule has 9 nitrogen and oxygen atoms in total. The molecule has 0 radical (unpaired) electrons. The second kappa shape index (κ2) is 11.0. The van der Waals surface area contributed by atoms with E-state index in [0.717, 1.165) is 49.2 Å². The first-order valence-corrected chi connectivity index (χ1v) is 12.5. The van der Waals surface area contributed by atoms with Crippen LogP contribution in [-0.2, 0) is 11.2 Å². The van der Waals surface area contributed by atoms with Crippen molar-refractivity contribution < 1.29 is 23.5 Å². The third-order valence-corrected chi connectivity index (χ3v) is 6.86. The Balaban J connectivity index is 1.20. The number of benzene rings is 1. The number of anilines is 1. The van der Waals surface area contributed by atoms with Gasteiger partial charge in [-0.3, -0.25) is 4.79 Å². The van der Waals surface area contributed by atoms with E-state index in [4.69, 9.17) is 9.47 Å². The van der Waals surface area contributed by atoms with Crippen LogP contribution in [0.25, 0.3) is 0 Å². The highest BCUT2D eigenvalue weighted by molar-refractivity contribution is 5.94. The number of aromatic nitrogens is 3. The van der Waals surface area contributed by atoms with Crippen molar-refractivity contribution in [2.45, 2.75) is 38.2 Å². The third-order valence-electron chi connectivity index (χ3n) is 6.86. The molecule has 2 aliphatic rings. The minimum atomic E-state index is -0.672. The summed E-state index contributed by atoms with van der Waals surface area (Å²) < 4.78 is 24.7. The van der Waals surface area contributed by atoms with Gasteiger partial charge in [0, 0.05) is 37.7 Å². The van der Waals surface area contributed by atoms with Gasteiger partial charge < -0.3 is 24.5 Å². The summed E-state index contributed by atoms with van der Waals surface area (Å²) in [7, 11) is 1.57. The third kappa shape index (κ3) is 5.34. The highest BCUT2D eigenvalue weighted by Crippen LogP contribution is 2.31. The second-order valence-electron chi connectivity index (χ2n) is 9.35. The fourth-order valence-electron chi connectivity index (χ4n) is 4.88. The number of carbonyl (C=O) groups is 2. The zero-order valence-electron chi connectivity index (χ0n) is 21.2. The van der Waals surface area contributed by atoms with Crippen LogP contribution >= 0.6 is 0 Å². The number of fused-ring (bicyclic) bond motifs is 1. The van der Waals surface area contributed by atoms with Crippen LogP contribution in [0.3, 0.4) is 0 Å². The summed E-state index contributed by atoms with van der Waals surface area (Å²) in [5.41, 5.74) is 2.87. The highest BCUT2D eigenvalue weighted by atomic mass is 19.1.